The molecule has 0 amide bonds. The van der Waals surface area contributed by atoms with Gasteiger partial charge < -0.3 is 14.4 Å². The summed E-state index contributed by atoms with van der Waals surface area (Å²) in [6.07, 6.45) is 1.32. The van der Waals surface area contributed by atoms with Crippen LogP contribution in [0.3, 0.4) is 0 Å². The molecule has 0 saturated carbocycles. The highest BCUT2D eigenvalue weighted by Gasteiger charge is 2.31. The van der Waals surface area contributed by atoms with Crippen molar-refractivity contribution in [1.82, 2.24) is 0 Å². The van der Waals surface area contributed by atoms with Gasteiger partial charge in [-0.25, -0.2) is 9.59 Å². The van der Waals surface area contributed by atoms with Gasteiger partial charge in [-0.05, 0) is 30.9 Å². The van der Waals surface area contributed by atoms with Crippen LogP contribution in [-0.4, -0.2) is 42.7 Å². The van der Waals surface area contributed by atoms with Crippen LogP contribution in [0.5, 0.6) is 0 Å². The van der Waals surface area contributed by atoms with Crippen molar-refractivity contribution >= 4 is 23.3 Å². The summed E-state index contributed by atoms with van der Waals surface area (Å²) in [5, 5.41) is 11.5. The Morgan fingerprint density at radius 2 is 2.04 bits per heavy atom. The molecule has 8 heteroatoms. The lowest BCUT2D eigenvalue weighted by Crippen LogP contribution is -2.33. The Kier molecular flexibility index (Phi) is 4.87. The van der Waals surface area contributed by atoms with Crippen LogP contribution in [0.1, 0.15) is 36.5 Å². The third kappa shape index (κ3) is 3.72. The fraction of sp³-hybridized carbons (Fsp3) is 0.529. The van der Waals surface area contributed by atoms with E-state index in [4.69, 9.17) is 9.47 Å². The zero-order valence-corrected chi connectivity index (χ0v) is 14.0. The van der Waals surface area contributed by atoms with Crippen LogP contribution in [0, 0.1) is 16.0 Å². The summed E-state index contributed by atoms with van der Waals surface area (Å²) in [6.45, 7) is 3.88. The van der Waals surface area contributed by atoms with Crippen molar-refractivity contribution in [3.8, 4) is 0 Å². The Bertz CT molecular complexity index is 696. The number of anilines is 1. The van der Waals surface area contributed by atoms with Gasteiger partial charge in [0.05, 0.1) is 17.1 Å². The molecular formula is C17H20N2O6. The van der Waals surface area contributed by atoms with Crippen molar-refractivity contribution in [3.05, 3.63) is 33.9 Å². The molecule has 0 aliphatic carbocycles. The van der Waals surface area contributed by atoms with Crippen molar-refractivity contribution in [2.75, 3.05) is 24.6 Å². The molecule has 0 aromatic heterocycles. The molecule has 0 radical (unpaired) electrons. The summed E-state index contributed by atoms with van der Waals surface area (Å²) in [4.78, 5) is 36.5. The van der Waals surface area contributed by atoms with Crippen LogP contribution in [0.2, 0.25) is 0 Å². The number of hydrogen-bond acceptors (Lipinski definition) is 7. The molecule has 1 aromatic rings. The summed E-state index contributed by atoms with van der Waals surface area (Å²) >= 11 is 0. The van der Waals surface area contributed by atoms with Gasteiger partial charge in [-0.2, -0.15) is 0 Å². The molecule has 25 heavy (non-hydrogen) atoms. The first-order valence-electron chi connectivity index (χ1n) is 8.36. The fourth-order valence-electron chi connectivity index (χ4n) is 3.10. The minimum Gasteiger partial charge on any atom is -0.463 e. The first-order chi connectivity index (χ1) is 12.0. The summed E-state index contributed by atoms with van der Waals surface area (Å²) in [5.41, 5.74) is 0.437. The molecule has 0 bridgehead atoms. The number of nitro benzene ring substituents is 1. The minimum atomic E-state index is -0.935. The molecule has 0 N–H and O–H groups in total. The van der Waals surface area contributed by atoms with E-state index in [0.29, 0.717) is 18.0 Å². The van der Waals surface area contributed by atoms with Crippen LogP contribution in [0.4, 0.5) is 11.4 Å². The quantitative estimate of drug-likeness (QED) is 0.467. The van der Waals surface area contributed by atoms with Gasteiger partial charge in [-0.3, -0.25) is 10.1 Å². The van der Waals surface area contributed by atoms with E-state index in [2.05, 4.69) is 6.92 Å². The van der Waals surface area contributed by atoms with E-state index in [1.807, 2.05) is 4.90 Å². The molecule has 0 spiro atoms. The standard InChI is InChI=1S/C17H20N2O6/c1-11-4-7-18(8-5-11)13-3-2-12(10-14(13)19(22)23)16(20)25-15-6-9-24-17(15)21/h2-3,10-11,15H,4-9H2,1H3. The average Bonchev–Trinajstić information content (AvgIpc) is 3.00. The predicted molar refractivity (Wildman–Crippen MR) is 88.5 cm³/mol. The fourth-order valence-corrected chi connectivity index (χ4v) is 3.10. The Morgan fingerprint density at radius 3 is 2.64 bits per heavy atom. The van der Waals surface area contributed by atoms with Gasteiger partial charge in [-0.1, -0.05) is 6.92 Å². The Hall–Kier alpha value is -2.64. The molecule has 2 aliphatic rings. The molecule has 2 fully saturated rings. The molecule has 3 rings (SSSR count). The topological polar surface area (TPSA) is 99.0 Å². The van der Waals surface area contributed by atoms with Crippen LogP contribution in [-0.2, 0) is 14.3 Å². The average molecular weight is 348 g/mol. The predicted octanol–water partition coefficient (Wildman–Crippen LogP) is 2.30. The van der Waals surface area contributed by atoms with Gasteiger partial charge in [0.15, 0.2) is 0 Å². The summed E-state index contributed by atoms with van der Waals surface area (Å²) in [5.74, 6) is -0.733. The largest absolute Gasteiger partial charge is 0.463 e. The maximum absolute atomic E-state index is 12.2. The number of ether oxygens (including phenoxy) is 2. The maximum atomic E-state index is 12.2. The number of hydrogen-bond donors (Lipinski definition) is 0. The second kappa shape index (κ2) is 7.08. The van der Waals surface area contributed by atoms with Crippen molar-refractivity contribution in [2.24, 2.45) is 5.92 Å². The monoisotopic (exact) mass is 348 g/mol. The van der Waals surface area contributed by atoms with Crippen LogP contribution in [0.25, 0.3) is 0 Å². The molecule has 1 atom stereocenters. The number of rotatable bonds is 4. The maximum Gasteiger partial charge on any atom is 0.347 e. The normalized spacial score (nSPS) is 21.1. The second-order valence-corrected chi connectivity index (χ2v) is 6.48. The smallest absolute Gasteiger partial charge is 0.347 e. The lowest BCUT2D eigenvalue weighted by Gasteiger charge is -2.31. The lowest BCUT2D eigenvalue weighted by atomic mass is 9.98. The molecule has 1 unspecified atom stereocenters. The number of carbonyl (C=O) groups excluding carboxylic acids is 2. The Labute approximate surface area is 144 Å². The third-order valence-corrected chi connectivity index (χ3v) is 4.67. The molecular weight excluding hydrogens is 328 g/mol. The number of benzene rings is 1. The number of cyclic esters (lactones) is 1. The Morgan fingerprint density at radius 1 is 1.32 bits per heavy atom. The number of carbonyl (C=O) groups is 2. The highest BCUT2D eigenvalue weighted by atomic mass is 16.6. The van der Waals surface area contributed by atoms with E-state index in [1.54, 1.807) is 6.07 Å². The zero-order chi connectivity index (χ0) is 18.0. The molecule has 134 valence electrons. The van der Waals surface area contributed by atoms with Gasteiger partial charge in [0.2, 0.25) is 6.10 Å². The third-order valence-electron chi connectivity index (χ3n) is 4.67. The summed E-state index contributed by atoms with van der Waals surface area (Å²) in [7, 11) is 0. The van der Waals surface area contributed by atoms with E-state index in [9.17, 15) is 19.7 Å². The van der Waals surface area contributed by atoms with Crippen molar-refractivity contribution in [3.63, 3.8) is 0 Å². The number of nitrogens with zero attached hydrogens (tertiary/aromatic N) is 2. The summed E-state index contributed by atoms with van der Waals surface area (Å²) < 4.78 is 9.83. The minimum absolute atomic E-state index is 0.0560. The first kappa shape index (κ1) is 17.2. The van der Waals surface area contributed by atoms with Crippen LogP contribution in [0.15, 0.2) is 18.2 Å². The zero-order valence-electron chi connectivity index (χ0n) is 14.0. The van der Waals surface area contributed by atoms with E-state index in [-0.39, 0.29) is 17.9 Å². The van der Waals surface area contributed by atoms with Gasteiger partial charge in [0.25, 0.3) is 5.69 Å². The Balaban J connectivity index is 1.80. The van der Waals surface area contributed by atoms with Gasteiger partial charge in [-0.15, -0.1) is 0 Å². The highest BCUT2D eigenvalue weighted by molar-refractivity contribution is 5.93. The van der Waals surface area contributed by atoms with Gasteiger partial charge >= 0.3 is 11.9 Å². The van der Waals surface area contributed by atoms with Crippen molar-refractivity contribution < 1.29 is 24.0 Å². The number of piperidine rings is 1. The van der Waals surface area contributed by atoms with Gasteiger partial charge in [0.1, 0.15) is 5.69 Å². The first-order valence-corrected chi connectivity index (χ1v) is 8.36. The van der Waals surface area contributed by atoms with E-state index >= 15 is 0 Å². The van der Waals surface area contributed by atoms with Crippen LogP contribution < -0.4 is 4.90 Å². The molecule has 2 aliphatic heterocycles. The number of esters is 2. The van der Waals surface area contributed by atoms with Crippen molar-refractivity contribution in [2.45, 2.75) is 32.3 Å². The lowest BCUT2D eigenvalue weighted by molar-refractivity contribution is -0.384. The highest BCUT2D eigenvalue weighted by Crippen LogP contribution is 2.32. The molecule has 2 saturated heterocycles. The second-order valence-electron chi connectivity index (χ2n) is 6.48. The molecule has 2 heterocycles. The van der Waals surface area contributed by atoms with Gasteiger partial charge in [0, 0.05) is 25.6 Å². The number of nitro groups is 1. The SMILES string of the molecule is CC1CCN(c2ccc(C(=O)OC3CCOC3=O)cc2[N+](=O)[O-])CC1. The summed E-state index contributed by atoms with van der Waals surface area (Å²) in [6, 6.07) is 4.30. The molecule has 1 aromatic carbocycles. The van der Waals surface area contributed by atoms with Crippen molar-refractivity contribution in [1.29, 1.82) is 0 Å². The van der Waals surface area contributed by atoms with E-state index in [0.717, 1.165) is 25.9 Å². The van der Waals surface area contributed by atoms with E-state index < -0.39 is 23.0 Å². The molecule has 8 nitrogen and oxygen atoms in total. The van der Waals surface area contributed by atoms with E-state index in [1.165, 1.54) is 12.1 Å². The van der Waals surface area contributed by atoms with Crippen LogP contribution >= 0.6 is 0 Å².